The first-order valence-electron chi connectivity index (χ1n) is 5.55. The van der Waals surface area contributed by atoms with E-state index in [2.05, 4.69) is 20.8 Å². The molecule has 0 unspecified atom stereocenters. The standard InChI is InChI=1S/C12H24O3/c1-7-12(5,6)15-14-10(13)8-9-11(2,3)4/h7-9H2,1-6H3. The second-order valence-corrected chi connectivity index (χ2v) is 5.71. The Bertz CT molecular complexity index is 201. The lowest BCUT2D eigenvalue weighted by Gasteiger charge is -2.21. The smallest absolute Gasteiger partial charge is 0.298 e. The summed E-state index contributed by atoms with van der Waals surface area (Å²) in [4.78, 5) is 21.1. The molecule has 0 saturated heterocycles. The summed E-state index contributed by atoms with van der Waals surface area (Å²) in [5.74, 6) is -0.286. The molecule has 90 valence electrons. The van der Waals surface area contributed by atoms with Crippen LogP contribution in [0.2, 0.25) is 0 Å². The summed E-state index contributed by atoms with van der Waals surface area (Å²) in [7, 11) is 0. The fraction of sp³-hybridized carbons (Fsp3) is 0.917. The van der Waals surface area contributed by atoms with Crippen LogP contribution in [-0.4, -0.2) is 11.6 Å². The van der Waals surface area contributed by atoms with Gasteiger partial charge in [0, 0.05) is 6.42 Å². The molecular formula is C12H24O3. The van der Waals surface area contributed by atoms with Crippen molar-refractivity contribution in [2.24, 2.45) is 5.41 Å². The van der Waals surface area contributed by atoms with E-state index in [1.807, 2.05) is 20.8 Å². The van der Waals surface area contributed by atoms with Gasteiger partial charge in [-0.25, -0.2) is 4.79 Å². The molecule has 0 rings (SSSR count). The summed E-state index contributed by atoms with van der Waals surface area (Å²) in [6.45, 7) is 12.1. The first-order chi connectivity index (χ1) is 6.66. The minimum Gasteiger partial charge on any atom is -0.298 e. The molecule has 0 aliphatic heterocycles. The van der Waals surface area contributed by atoms with E-state index in [4.69, 9.17) is 9.78 Å². The average Bonchev–Trinajstić information content (AvgIpc) is 2.10. The highest BCUT2D eigenvalue weighted by molar-refractivity contribution is 5.68. The van der Waals surface area contributed by atoms with Crippen molar-refractivity contribution in [2.75, 3.05) is 0 Å². The molecule has 0 atom stereocenters. The molecule has 0 aromatic carbocycles. The van der Waals surface area contributed by atoms with Gasteiger partial charge in [0.2, 0.25) is 0 Å². The van der Waals surface area contributed by atoms with Gasteiger partial charge in [-0.15, -0.1) is 0 Å². The molecule has 0 heterocycles. The van der Waals surface area contributed by atoms with Crippen LogP contribution < -0.4 is 0 Å². The fourth-order valence-corrected chi connectivity index (χ4v) is 0.737. The minimum absolute atomic E-state index is 0.152. The van der Waals surface area contributed by atoms with Crippen molar-refractivity contribution >= 4 is 5.97 Å². The molecule has 15 heavy (non-hydrogen) atoms. The maximum absolute atomic E-state index is 11.3. The van der Waals surface area contributed by atoms with Crippen LogP contribution in [0.1, 0.15) is 60.8 Å². The largest absolute Gasteiger partial charge is 0.342 e. The molecule has 0 bridgehead atoms. The monoisotopic (exact) mass is 216 g/mol. The Balaban J connectivity index is 3.77. The Hall–Kier alpha value is -0.570. The first-order valence-corrected chi connectivity index (χ1v) is 5.55. The summed E-state index contributed by atoms with van der Waals surface area (Å²) in [5.41, 5.74) is -0.239. The summed E-state index contributed by atoms with van der Waals surface area (Å²) in [6.07, 6.45) is 2.02. The van der Waals surface area contributed by atoms with Gasteiger partial charge in [-0.2, -0.15) is 4.89 Å². The normalized spacial score (nSPS) is 12.7. The number of rotatable bonds is 5. The molecule has 3 heteroatoms. The predicted octanol–water partition coefficient (Wildman–Crippen LogP) is 3.48. The van der Waals surface area contributed by atoms with Gasteiger partial charge in [0.25, 0.3) is 0 Å². The predicted molar refractivity (Wildman–Crippen MR) is 60.2 cm³/mol. The van der Waals surface area contributed by atoms with Gasteiger partial charge in [0.05, 0.1) is 0 Å². The van der Waals surface area contributed by atoms with Gasteiger partial charge >= 0.3 is 5.97 Å². The fourth-order valence-electron chi connectivity index (χ4n) is 0.737. The number of hydrogen-bond acceptors (Lipinski definition) is 3. The van der Waals surface area contributed by atoms with Crippen LogP contribution in [0.4, 0.5) is 0 Å². The number of carbonyl (C=O) groups is 1. The van der Waals surface area contributed by atoms with E-state index in [9.17, 15) is 4.79 Å². The Morgan fingerprint density at radius 3 is 2.07 bits per heavy atom. The lowest BCUT2D eigenvalue weighted by atomic mass is 9.91. The molecule has 0 aliphatic carbocycles. The molecule has 0 aromatic heterocycles. The van der Waals surface area contributed by atoms with E-state index in [1.165, 1.54) is 0 Å². The quantitative estimate of drug-likeness (QED) is 0.521. The minimum atomic E-state index is -0.391. The molecule has 0 N–H and O–H groups in total. The highest BCUT2D eigenvalue weighted by Gasteiger charge is 2.20. The van der Waals surface area contributed by atoms with Crippen LogP contribution >= 0.6 is 0 Å². The molecule has 0 aliphatic rings. The van der Waals surface area contributed by atoms with Crippen molar-refractivity contribution in [3.8, 4) is 0 Å². The van der Waals surface area contributed by atoms with E-state index >= 15 is 0 Å². The van der Waals surface area contributed by atoms with Gasteiger partial charge in [-0.3, -0.25) is 4.89 Å². The van der Waals surface area contributed by atoms with Crippen LogP contribution in [0.15, 0.2) is 0 Å². The van der Waals surface area contributed by atoms with Crippen molar-refractivity contribution in [1.29, 1.82) is 0 Å². The summed E-state index contributed by atoms with van der Waals surface area (Å²) in [6, 6.07) is 0. The molecule has 0 radical (unpaired) electrons. The van der Waals surface area contributed by atoms with Crippen molar-refractivity contribution in [2.45, 2.75) is 66.4 Å². The summed E-state index contributed by atoms with van der Waals surface area (Å²) in [5, 5.41) is 0. The SMILES string of the molecule is CCC(C)(C)OOC(=O)CCC(C)(C)C. The Kier molecular flexibility index (Phi) is 5.29. The van der Waals surface area contributed by atoms with Crippen molar-refractivity contribution in [1.82, 2.24) is 0 Å². The van der Waals surface area contributed by atoms with Gasteiger partial charge < -0.3 is 0 Å². The van der Waals surface area contributed by atoms with E-state index in [0.717, 1.165) is 12.8 Å². The zero-order valence-electron chi connectivity index (χ0n) is 10.8. The average molecular weight is 216 g/mol. The molecule has 0 saturated carbocycles. The van der Waals surface area contributed by atoms with E-state index in [1.54, 1.807) is 0 Å². The van der Waals surface area contributed by atoms with Crippen LogP contribution in [-0.2, 0) is 14.6 Å². The zero-order chi connectivity index (χ0) is 12.1. The van der Waals surface area contributed by atoms with Crippen LogP contribution in [0.25, 0.3) is 0 Å². The van der Waals surface area contributed by atoms with E-state index in [-0.39, 0.29) is 11.4 Å². The van der Waals surface area contributed by atoms with Crippen LogP contribution in [0, 0.1) is 5.41 Å². The molecule has 0 amide bonds. The molecule has 0 fully saturated rings. The topological polar surface area (TPSA) is 35.5 Å². The van der Waals surface area contributed by atoms with E-state index < -0.39 is 5.60 Å². The molecular weight excluding hydrogens is 192 g/mol. The third-order valence-electron chi connectivity index (χ3n) is 2.29. The Morgan fingerprint density at radius 2 is 1.67 bits per heavy atom. The van der Waals surface area contributed by atoms with Gasteiger partial charge in [-0.1, -0.05) is 27.7 Å². The first kappa shape index (κ1) is 14.4. The molecule has 0 aromatic rings. The summed E-state index contributed by atoms with van der Waals surface area (Å²) < 4.78 is 0. The number of hydrogen-bond donors (Lipinski definition) is 0. The lowest BCUT2D eigenvalue weighted by Crippen LogP contribution is -2.25. The Labute approximate surface area is 93.1 Å². The Morgan fingerprint density at radius 1 is 1.13 bits per heavy atom. The molecule has 3 nitrogen and oxygen atoms in total. The van der Waals surface area contributed by atoms with Crippen LogP contribution in [0.5, 0.6) is 0 Å². The van der Waals surface area contributed by atoms with Gasteiger partial charge in [0.15, 0.2) is 0 Å². The second-order valence-electron chi connectivity index (χ2n) is 5.71. The van der Waals surface area contributed by atoms with Crippen molar-refractivity contribution < 1.29 is 14.6 Å². The summed E-state index contributed by atoms with van der Waals surface area (Å²) >= 11 is 0. The van der Waals surface area contributed by atoms with Gasteiger partial charge in [0.1, 0.15) is 5.60 Å². The highest BCUT2D eigenvalue weighted by Crippen LogP contribution is 2.21. The third-order valence-corrected chi connectivity index (χ3v) is 2.29. The molecule has 0 spiro atoms. The van der Waals surface area contributed by atoms with Crippen LogP contribution in [0.3, 0.4) is 0 Å². The van der Waals surface area contributed by atoms with Crippen molar-refractivity contribution in [3.63, 3.8) is 0 Å². The van der Waals surface area contributed by atoms with Gasteiger partial charge in [-0.05, 0) is 32.1 Å². The maximum Gasteiger partial charge on any atom is 0.342 e. The maximum atomic E-state index is 11.3. The zero-order valence-corrected chi connectivity index (χ0v) is 10.8. The van der Waals surface area contributed by atoms with E-state index in [0.29, 0.717) is 6.42 Å². The third kappa shape index (κ3) is 8.43. The number of carbonyl (C=O) groups excluding carboxylic acids is 1. The second kappa shape index (κ2) is 5.50. The lowest BCUT2D eigenvalue weighted by molar-refractivity contribution is -0.325. The highest BCUT2D eigenvalue weighted by atomic mass is 17.2. The van der Waals surface area contributed by atoms with Crippen molar-refractivity contribution in [3.05, 3.63) is 0 Å².